The van der Waals surface area contributed by atoms with Gasteiger partial charge in [-0.2, -0.15) is 0 Å². The third kappa shape index (κ3) is 3.85. The van der Waals surface area contributed by atoms with Gasteiger partial charge >= 0.3 is 0 Å². The van der Waals surface area contributed by atoms with E-state index < -0.39 is 0 Å². The molecule has 0 saturated heterocycles. The first-order chi connectivity index (χ1) is 9.33. The fourth-order valence-corrected chi connectivity index (χ4v) is 2.34. The molecule has 2 aromatic rings. The lowest BCUT2D eigenvalue weighted by molar-refractivity contribution is 0.864. The van der Waals surface area contributed by atoms with Crippen LogP contribution in [0, 0.1) is 6.07 Å². The predicted molar refractivity (Wildman–Crippen MR) is 82.7 cm³/mol. The van der Waals surface area contributed by atoms with E-state index in [0.717, 1.165) is 25.9 Å². The van der Waals surface area contributed by atoms with Crippen LogP contribution in [-0.4, -0.2) is 13.1 Å². The number of anilines is 1. The standard InChI is InChI=1S/C18H22N/c1-3-19(4-2)18-14-12-17(13-15-18)11-10-16-8-6-5-7-9-16/h5-6,8-9,12-15H,3-4,10-11H2,1-2H3. The molecule has 1 nitrogen and oxygen atoms in total. The monoisotopic (exact) mass is 252 g/mol. The smallest absolute Gasteiger partial charge is 0.0366 e. The Balaban J connectivity index is 1.95. The first kappa shape index (κ1) is 13.7. The summed E-state index contributed by atoms with van der Waals surface area (Å²) in [4.78, 5) is 2.37. The van der Waals surface area contributed by atoms with Gasteiger partial charge in [0.15, 0.2) is 0 Å². The Morgan fingerprint density at radius 3 is 2.16 bits per heavy atom. The van der Waals surface area contributed by atoms with Gasteiger partial charge in [0.2, 0.25) is 0 Å². The van der Waals surface area contributed by atoms with Crippen molar-refractivity contribution in [1.82, 2.24) is 0 Å². The highest BCUT2D eigenvalue weighted by molar-refractivity contribution is 5.47. The van der Waals surface area contributed by atoms with Gasteiger partial charge < -0.3 is 4.90 Å². The number of hydrogen-bond donors (Lipinski definition) is 0. The molecule has 1 heteroatoms. The summed E-state index contributed by atoms with van der Waals surface area (Å²) >= 11 is 0. The normalized spacial score (nSPS) is 10.4. The van der Waals surface area contributed by atoms with E-state index in [4.69, 9.17) is 0 Å². The molecule has 0 aliphatic heterocycles. The third-order valence-corrected chi connectivity index (χ3v) is 3.54. The molecule has 2 aromatic carbocycles. The molecule has 0 aliphatic rings. The van der Waals surface area contributed by atoms with Crippen LogP contribution in [0.15, 0.2) is 48.5 Å². The topological polar surface area (TPSA) is 3.24 Å². The SMILES string of the molecule is CCN(CC)c1ccc(CCc2c[c]ccc2)cc1. The molecule has 0 N–H and O–H groups in total. The van der Waals surface area contributed by atoms with Gasteiger partial charge in [0.1, 0.15) is 0 Å². The maximum atomic E-state index is 3.13. The molecule has 99 valence electrons. The molecule has 0 saturated carbocycles. The van der Waals surface area contributed by atoms with Crippen LogP contribution in [0.4, 0.5) is 5.69 Å². The Hall–Kier alpha value is -1.76. The van der Waals surface area contributed by atoms with Crippen LogP contribution < -0.4 is 4.90 Å². The Bertz CT molecular complexity index is 469. The summed E-state index contributed by atoms with van der Waals surface area (Å²) in [5, 5.41) is 0. The second kappa shape index (κ2) is 6.98. The van der Waals surface area contributed by atoms with E-state index in [9.17, 15) is 0 Å². The molecule has 0 unspecified atom stereocenters. The van der Waals surface area contributed by atoms with Gasteiger partial charge in [-0.15, -0.1) is 0 Å². The Morgan fingerprint density at radius 1 is 0.895 bits per heavy atom. The van der Waals surface area contributed by atoms with Crippen LogP contribution >= 0.6 is 0 Å². The van der Waals surface area contributed by atoms with E-state index in [1.165, 1.54) is 16.8 Å². The molecule has 0 bridgehead atoms. The summed E-state index contributed by atoms with van der Waals surface area (Å²) in [6.07, 6.45) is 2.18. The summed E-state index contributed by atoms with van der Waals surface area (Å²) in [6.45, 7) is 6.53. The molecule has 0 aromatic heterocycles. The van der Waals surface area contributed by atoms with Crippen molar-refractivity contribution in [2.45, 2.75) is 26.7 Å². The first-order valence-electron chi connectivity index (χ1n) is 7.12. The number of hydrogen-bond acceptors (Lipinski definition) is 1. The molecule has 0 aliphatic carbocycles. The third-order valence-electron chi connectivity index (χ3n) is 3.54. The number of aryl methyl sites for hydroxylation is 2. The van der Waals surface area contributed by atoms with Gasteiger partial charge in [0, 0.05) is 18.8 Å². The Labute approximate surface area is 116 Å². The number of nitrogens with zero attached hydrogens (tertiary/aromatic N) is 1. The van der Waals surface area contributed by atoms with Gasteiger partial charge in [-0.25, -0.2) is 0 Å². The van der Waals surface area contributed by atoms with Crippen LogP contribution in [0.3, 0.4) is 0 Å². The minimum atomic E-state index is 1.07. The number of rotatable bonds is 6. The van der Waals surface area contributed by atoms with Crippen molar-refractivity contribution in [3.05, 3.63) is 65.7 Å². The highest BCUT2D eigenvalue weighted by atomic mass is 15.1. The van der Waals surface area contributed by atoms with Crippen LogP contribution in [0.25, 0.3) is 0 Å². The molecule has 0 atom stereocenters. The fraction of sp³-hybridized carbons (Fsp3) is 0.333. The zero-order valence-corrected chi connectivity index (χ0v) is 11.9. The molecular formula is C18H22N. The molecule has 0 amide bonds. The number of benzene rings is 2. The zero-order chi connectivity index (χ0) is 13.5. The van der Waals surface area contributed by atoms with E-state index in [-0.39, 0.29) is 0 Å². The van der Waals surface area contributed by atoms with E-state index >= 15 is 0 Å². The second-order valence-electron chi connectivity index (χ2n) is 4.75. The Morgan fingerprint density at radius 2 is 1.58 bits per heavy atom. The van der Waals surface area contributed by atoms with Gasteiger partial charge in [0.25, 0.3) is 0 Å². The lowest BCUT2D eigenvalue weighted by Crippen LogP contribution is -2.21. The average molecular weight is 252 g/mol. The maximum Gasteiger partial charge on any atom is 0.0366 e. The first-order valence-corrected chi connectivity index (χ1v) is 7.12. The molecule has 0 heterocycles. The molecule has 0 fully saturated rings. The van der Waals surface area contributed by atoms with Gasteiger partial charge in [-0.05, 0) is 56.0 Å². The lowest BCUT2D eigenvalue weighted by Gasteiger charge is -2.21. The quantitative estimate of drug-likeness (QED) is 0.747. The van der Waals surface area contributed by atoms with E-state index in [1.807, 2.05) is 6.07 Å². The fourth-order valence-electron chi connectivity index (χ4n) is 2.34. The molecule has 2 rings (SSSR count). The van der Waals surface area contributed by atoms with Crippen molar-refractivity contribution in [2.75, 3.05) is 18.0 Å². The van der Waals surface area contributed by atoms with Crippen molar-refractivity contribution in [3.8, 4) is 0 Å². The molecule has 1 radical (unpaired) electrons. The molecular weight excluding hydrogens is 230 g/mol. The van der Waals surface area contributed by atoms with Crippen molar-refractivity contribution < 1.29 is 0 Å². The van der Waals surface area contributed by atoms with E-state index in [1.54, 1.807) is 0 Å². The van der Waals surface area contributed by atoms with Crippen LogP contribution in [0.5, 0.6) is 0 Å². The summed E-state index contributed by atoms with van der Waals surface area (Å²) < 4.78 is 0. The van der Waals surface area contributed by atoms with Crippen LogP contribution in [0.1, 0.15) is 25.0 Å². The average Bonchev–Trinajstić information content (AvgIpc) is 2.49. The molecule has 0 spiro atoms. The van der Waals surface area contributed by atoms with Crippen molar-refractivity contribution in [3.63, 3.8) is 0 Å². The summed E-state index contributed by atoms with van der Waals surface area (Å²) in [5.41, 5.74) is 4.08. The van der Waals surface area contributed by atoms with Crippen molar-refractivity contribution in [1.29, 1.82) is 0 Å². The van der Waals surface area contributed by atoms with E-state index in [0.29, 0.717) is 0 Å². The van der Waals surface area contributed by atoms with Gasteiger partial charge in [-0.3, -0.25) is 0 Å². The maximum absolute atomic E-state index is 3.13. The Kier molecular flexibility index (Phi) is 5.02. The molecule has 19 heavy (non-hydrogen) atoms. The van der Waals surface area contributed by atoms with Crippen LogP contribution in [-0.2, 0) is 12.8 Å². The summed E-state index contributed by atoms with van der Waals surface area (Å²) in [5.74, 6) is 0. The van der Waals surface area contributed by atoms with Gasteiger partial charge in [-0.1, -0.05) is 36.4 Å². The van der Waals surface area contributed by atoms with Crippen molar-refractivity contribution >= 4 is 5.69 Å². The zero-order valence-electron chi connectivity index (χ0n) is 11.9. The summed E-state index contributed by atoms with van der Waals surface area (Å²) in [7, 11) is 0. The van der Waals surface area contributed by atoms with Crippen LogP contribution in [0.2, 0.25) is 0 Å². The minimum absolute atomic E-state index is 1.07. The van der Waals surface area contributed by atoms with Crippen molar-refractivity contribution in [2.24, 2.45) is 0 Å². The van der Waals surface area contributed by atoms with Gasteiger partial charge in [0.05, 0.1) is 0 Å². The highest BCUT2D eigenvalue weighted by Crippen LogP contribution is 2.16. The predicted octanol–water partition coefficient (Wildman–Crippen LogP) is 4.12. The largest absolute Gasteiger partial charge is 0.372 e. The lowest BCUT2D eigenvalue weighted by atomic mass is 10.0. The highest BCUT2D eigenvalue weighted by Gasteiger charge is 2.01. The van der Waals surface area contributed by atoms with E-state index in [2.05, 4.69) is 67.3 Å². The summed E-state index contributed by atoms with van der Waals surface area (Å²) in [6, 6.07) is 20.3. The minimum Gasteiger partial charge on any atom is -0.372 e. The second-order valence-corrected chi connectivity index (χ2v) is 4.75.